The number of hydrogen-bond acceptors (Lipinski definition) is 3. The number of rotatable bonds is 3. The van der Waals surface area contributed by atoms with E-state index in [4.69, 9.17) is 5.11 Å². The van der Waals surface area contributed by atoms with E-state index in [0.29, 0.717) is 13.0 Å². The van der Waals surface area contributed by atoms with Crippen LogP contribution in [0.2, 0.25) is 0 Å². The minimum Gasteiger partial charge on any atom is -0.480 e. The quantitative estimate of drug-likeness (QED) is 0.678. The number of carbonyl (C=O) groups is 3. The summed E-state index contributed by atoms with van der Waals surface area (Å²) in [5, 5.41) is 11.4. The molecular formula is C10H16N2O4. The fourth-order valence-electron chi connectivity index (χ4n) is 1.64. The van der Waals surface area contributed by atoms with Crippen LogP contribution < -0.4 is 5.32 Å². The van der Waals surface area contributed by atoms with Gasteiger partial charge in [0, 0.05) is 25.9 Å². The first-order valence-electron chi connectivity index (χ1n) is 5.19. The Kier molecular flexibility index (Phi) is 3.87. The second kappa shape index (κ2) is 4.96. The van der Waals surface area contributed by atoms with Crippen LogP contribution in [0.5, 0.6) is 0 Å². The molecule has 0 aromatic carbocycles. The molecule has 0 aromatic rings. The molecule has 0 aliphatic carbocycles. The maximum atomic E-state index is 11.9. The van der Waals surface area contributed by atoms with Gasteiger partial charge in [-0.25, -0.2) is 4.79 Å². The van der Waals surface area contributed by atoms with Crippen LogP contribution in [0, 0.1) is 5.92 Å². The van der Waals surface area contributed by atoms with Gasteiger partial charge >= 0.3 is 5.97 Å². The van der Waals surface area contributed by atoms with Gasteiger partial charge in [-0.3, -0.25) is 9.59 Å². The van der Waals surface area contributed by atoms with Crippen molar-refractivity contribution in [2.24, 2.45) is 5.92 Å². The minimum absolute atomic E-state index is 0.148. The number of amides is 2. The monoisotopic (exact) mass is 228 g/mol. The molecule has 1 saturated heterocycles. The molecule has 2 N–H and O–H groups in total. The van der Waals surface area contributed by atoms with Crippen LogP contribution in [0.4, 0.5) is 0 Å². The number of aliphatic carboxylic acids is 1. The zero-order chi connectivity index (χ0) is 12.3. The third-order valence-corrected chi connectivity index (χ3v) is 2.88. The number of hydrogen-bond donors (Lipinski definition) is 2. The van der Waals surface area contributed by atoms with Crippen molar-refractivity contribution < 1.29 is 19.5 Å². The molecule has 1 aliphatic rings. The summed E-state index contributed by atoms with van der Waals surface area (Å²) >= 11 is 0. The summed E-state index contributed by atoms with van der Waals surface area (Å²) in [6, 6.07) is -0.863. The van der Waals surface area contributed by atoms with E-state index in [0.717, 1.165) is 0 Å². The predicted molar refractivity (Wildman–Crippen MR) is 55.6 cm³/mol. The lowest BCUT2D eigenvalue weighted by Gasteiger charge is -2.28. The Bertz CT molecular complexity index is 310. The molecule has 16 heavy (non-hydrogen) atoms. The van der Waals surface area contributed by atoms with E-state index in [1.807, 2.05) is 0 Å². The molecule has 0 spiro atoms. The molecule has 1 heterocycles. The van der Waals surface area contributed by atoms with Crippen molar-refractivity contribution in [2.75, 3.05) is 13.6 Å². The Morgan fingerprint density at radius 3 is 2.69 bits per heavy atom. The standard InChI is InChI=1S/C10H16N2O4/c1-6(10(15)16)12(2)9(14)7-3-4-11-8(13)5-7/h6-7H,3-5H2,1-2H3,(H,11,13)(H,15,16). The van der Waals surface area contributed by atoms with Crippen LogP contribution in [0.25, 0.3) is 0 Å². The minimum atomic E-state index is -1.05. The zero-order valence-corrected chi connectivity index (χ0v) is 9.40. The second-order valence-electron chi connectivity index (χ2n) is 4.00. The first-order valence-corrected chi connectivity index (χ1v) is 5.19. The molecule has 0 saturated carbocycles. The summed E-state index contributed by atoms with van der Waals surface area (Å²) in [5.41, 5.74) is 0. The lowest BCUT2D eigenvalue weighted by Crippen LogP contribution is -2.46. The summed E-state index contributed by atoms with van der Waals surface area (Å²) in [7, 11) is 1.45. The van der Waals surface area contributed by atoms with E-state index < -0.39 is 12.0 Å². The van der Waals surface area contributed by atoms with E-state index in [-0.39, 0.29) is 24.2 Å². The molecule has 6 nitrogen and oxygen atoms in total. The van der Waals surface area contributed by atoms with Crippen molar-refractivity contribution in [2.45, 2.75) is 25.8 Å². The zero-order valence-electron chi connectivity index (χ0n) is 9.40. The third-order valence-electron chi connectivity index (χ3n) is 2.88. The summed E-state index contributed by atoms with van der Waals surface area (Å²) in [4.78, 5) is 34.9. The molecule has 0 aromatic heterocycles. The van der Waals surface area contributed by atoms with E-state index in [2.05, 4.69) is 5.32 Å². The van der Waals surface area contributed by atoms with Crippen LogP contribution in [0.1, 0.15) is 19.8 Å². The highest BCUT2D eigenvalue weighted by Crippen LogP contribution is 2.16. The number of carboxylic acid groups (broad SMARTS) is 1. The molecule has 1 rings (SSSR count). The number of carbonyl (C=O) groups excluding carboxylic acids is 2. The van der Waals surface area contributed by atoms with Gasteiger partial charge in [0.1, 0.15) is 6.04 Å². The maximum absolute atomic E-state index is 11.9. The second-order valence-corrected chi connectivity index (χ2v) is 4.00. The highest BCUT2D eigenvalue weighted by molar-refractivity contribution is 5.89. The van der Waals surface area contributed by atoms with Gasteiger partial charge in [0.15, 0.2) is 0 Å². The number of likely N-dealkylation sites (N-methyl/N-ethyl adjacent to an activating group) is 1. The molecular weight excluding hydrogens is 212 g/mol. The lowest BCUT2D eigenvalue weighted by atomic mass is 9.95. The van der Waals surface area contributed by atoms with Crippen molar-refractivity contribution in [3.63, 3.8) is 0 Å². The van der Waals surface area contributed by atoms with Crippen molar-refractivity contribution in [3.05, 3.63) is 0 Å². The van der Waals surface area contributed by atoms with Gasteiger partial charge in [0.25, 0.3) is 0 Å². The van der Waals surface area contributed by atoms with Crippen LogP contribution >= 0.6 is 0 Å². The van der Waals surface area contributed by atoms with Gasteiger partial charge < -0.3 is 15.3 Å². The van der Waals surface area contributed by atoms with E-state index in [9.17, 15) is 14.4 Å². The smallest absolute Gasteiger partial charge is 0.326 e. The normalized spacial score (nSPS) is 22.1. The first-order chi connectivity index (χ1) is 7.43. The van der Waals surface area contributed by atoms with Crippen molar-refractivity contribution in [1.82, 2.24) is 10.2 Å². The lowest BCUT2D eigenvalue weighted by molar-refractivity contribution is -0.150. The Morgan fingerprint density at radius 2 is 2.19 bits per heavy atom. The van der Waals surface area contributed by atoms with Crippen LogP contribution in [0.15, 0.2) is 0 Å². The molecule has 2 amide bonds. The van der Waals surface area contributed by atoms with Gasteiger partial charge in [-0.15, -0.1) is 0 Å². The highest BCUT2D eigenvalue weighted by atomic mass is 16.4. The number of nitrogens with zero attached hydrogens (tertiary/aromatic N) is 1. The average Bonchev–Trinajstić information content (AvgIpc) is 2.26. The molecule has 2 atom stereocenters. The van der Waals surface area contributed by atoms with Gasteiger partial charge in [0.05, 0.1) is 0 Å². The molecule has 6 heteroatoms. The Morgan fingerprint density at radius 1 is 1.56 bits per heavy atom. The SMILES string of the molecule is CC(C(=O)O)N(C)C(=O)C1CCNC(=O)C1. The van der Waals surface area contributed by atoms with Crippen LogP contribution in [-0.2, 0) is 14.4 Å². The third kappa shape index (κ3) is 2.71. The topological polar surface area (TPSA) is 86.7 Å². The summed E-state index contributed by atoms with van der Waals surface area (Å²) in [5.74, 6) is -1.86. The van der Waals surface area contributed by atoms with Crippen LogP contribution in [0.3, 0.4) is 0 Å². The molecule has 2 unspecified atom stereocenters. The number of piperidine rings is 1. The van der Waals surface area contributed by atoms with Gasteiger partial charge in [-0.05, 0) is 13.3 Å². The Balaban J connectivity index is 2.62. The Labute approximate surface area is 93.6 Å². The van der Waals surface area contributed by atoms with Gasteiger partial charge in [0.2, 0.25) is 11.8 Å². The summed E-state index contributed by atoms with van der Waals surface area (Å²) < 4.78 is 0. The molecule has 0 bridgehead atoms. The molecule has 0 radical (unpaired) electrons. The first kappa shape index (κ1) is 12.5. The summed E-state index contributed by atoms with van der Waals surface area (Å²) in [6.07, 6.45) is 0.719. The fraction of sp³-hybridized carbons (Fsp3) is 0.700. The van der Waals surface area contributed by atoms with E-state index >= 15 is 0 Å². The van der Waals surface area contributed by atoms with Crippen molar-refractivity contribution in [3.8, 4) is 0 Å². The van der Waals surface area contributed by atoms with Gasteiger partial charge in [-0.2, -0.15) is 0 Å². The average molecular weight is 228 g/mol. The molecule has 1 aliphatic heterocycles. The van der Waals surface area contributed by atoms with Crippen molar-refractivity contribution in [1.29, 1.82) is 0 Å². The van der Waals surface area contributed by atoms with Crippen molar-refractivity contribution >= 4 is 17.8 Å². The predicted octanol–water partition coefficient (Wildman–Crippen LogP) is -0.556. The fourth-order valence-corrected chi connectivity index (χ4v) is 1.64. The largest absolute Gasteiger partial charge is 0.480 e. The maximum Gasteiger partial charge on any atom is 0.326 e. The highest BCUT2D eigenvalue weighted by Gasteiger charge is 2.31. The van der Waals surface area contributed by atoms with Gasteiger partial charge in [-0.1, -0.05) is 0 Å². The number of carboxylic acids is 1. The van der Waals surface area contributed by atoms with E-state index in [1.54, 1.807) is 0 Å². The Hall–Kier alpha value is -1.59. The molecule has 1 fully saturated rings. The van der Waals surface area contributed by atoms with E-state index in [1.165, 1.54) is 18.9 Å². The molecule has 90 valence electrons. The van der Waals surface area contributed by atoms with Crippen LogP contribution in [-0.4, -0.2) is 47.4 Å². The number of nitrogens with one attached hydrogen (secondary N) is 1. The summed E-state index contributed by atoms with van der Waals surface area (Å²) in [6.45, 7) is 1.92.